The number of nitrogens with one attached hydrogen (secondary N) is 2. The van der Waals surface area contributed by atoms with Crippen molar-refractivity contribution in [2.45, 2.75) is 26.8 Å². The maximum Gasteiger partial charge on any atom is 0.313 e. The standard InChI is InChI=1S/C29H28BrCl2N3O4/c1-17-11-18(2)16-35(15-17)29(38)22-5-3-4-6-25(22)34-28(37)27(36)33-14-19-7-8-20(30)12-26(19)39-21-9-10-23(31)24(32)13-21/h3-10,12-13,17-18H,11,14-16H2,1-2H3,(H,33,36)(H,34,37). The monoisotopic (exact) mass is 631 g/mol. The molecule has 2 unspecified atom stereocenters. The van der Waals surface area contributed by atoms with Gasteiger partial charge in [0.15, 0.2) is 0 Å². The third kappa shape index (κ3) is 7.53. The summed E-state index contributed by atoms with van der Waals surface area (Å²) in [6, 6.07) is 16.9. The lowest BCUT2D eigenvalue weighted by atomic mass is 9.91. The van der Waals surface area contributed by atoms with Crippen molar-refractivity contribution in [3.8, 4) is 11.5 Å². The first kappa shape index (κ1) is 28.9. The largest absolute Gasteiger partial charge is 0.457 e. The lowest BCUT2D eigenvalue weighted by Crippen LogP contribution is -2.43. The van der Waals surface area contributed by atoms with E-state index in [-0.39, 0.29) is 12.5 Å². The molecule has 4 rings (SSSR count). The van der Waals surface area contributed by atoms with Gasteiger partial charge in [0.2, 0.25) is 0 Å². The van der Waals surface area contributed by atoms with Crippen LogP contribution in [-0.4, -0.2) is 35.7 Å². The number of ether oxygens (including phenoxy) is 1. The molecule has 1 saturated heterocycles. The summed E-state index contributed by atoms with van der Waals surface area (Å²) in [6.45, 7) is 5.60. The van der Waals surface area contributed by atoms with E-state index in [1.807, 2.05) is 4.90 Å². The number of anilines is 1. The van der Waals surface area contributed by atoms with Gasteiger partial charge in [0.05, 0.1) is 21.3 Å². The maximum atomic E-state index is 13.3. The van der Waals surface area contributed by atoms with Crippen LogP contribution in [-0.2, 0) is 16.1 Å². The minimum atomic E-state index is -0.875. The molecule has 1 heterocycles. The quantitative estimate of drug-likeness (QED) is 0.289. The molecule has 7 nitrogen and oxygen atoms in total. The van der Waals surface area contributed by atoms with E-state index in [2.05, 4.69) is 40.4 Å². The highest BCUT2D eigenvalue weighted by atomic mass is 79.9. The Labute approximate surface area is 245 Å². The zero-order chi connectivity index (χ0) is 28.1. The SMILES string of the molecule is CC1CC(C)CN(C(=O)c2ccccc2NC(=O)C(=O)NCc2ccc(Br)cc2Oc2ccc(Cl)c(Cl)c2)C1. The van der Waals surface area contributed by atoms with Gasteiger partial charge in [0.25, 0.3) is 5.91 Å². The fourth-order valence-electron chi connectivity index (χ4n) is 4.65. The highest BCUT2D eigenvalue weighted by molar-refractivity contribution is 9.10. The number of nitrogens with zero attached hydrogens (tertiary/aromatic N) is 1. The Morgan fingerprint density at radius 1 is 0.949 bits per heavy atom. The van der Waals surface area contributed by atoms with Crippen molar-refractivity contribution in [2.75, 3.05) is 18.4 Å². The molecule has 3 aromatic rings. The van der Waals surface area contributed by atoms with Gasteiger partial charge >= 0.3 is 11.8 Å². The van der Waals surface area contributed by atoms with Crippen LogP contribution in [0.2, 0.25) is 10.0 Å². The first-order valence-corrected chi connectivity index (χ1v) is 14.0. The molecule has 39 heavy (non-hydrogen) atoms. The van der Waals surface area contributed by atoms with E-state index in [1.54, 1.807) is 60.7 Å². The van der Waals surface area contributed by atoms with Gasteiger partial charge in [-0.05, 0) is 54.7 Å². The zero-order valence-electron chi connectivity index (χ0n) is 21.5. The molecule has 0 saturated carbocycles. The molecule has 10 heteroatoms. The molecule has 2 N–H and O–H groups in total. The van der Waals surface area contributed by atoms with Crippen molar-refractivity contribution in [3.05, 3.63) is 86.3 Å². The number of hydrogen-bond donors (Lipinski definition) is 2. The molecule has 1 fully saturated rings. The summed E-state index contributed by atoms with van der Waals surface area (Å²) in [6.07, 6.45) is 1.07. The van der Waals surface area contributed by atoms with Crippen LogP contribution in [0.3, 0.4) is 0 Å². The first-order valence-electron chi connectivity index (χ1n) is 12.5. The summed E-state index contributed by atoms with van der Waals surface area (Å²) in [7, 11) is 0. The van der Waals surface area contributed by atoms with Gasteiger partial charge < -0.3 is 20.3 Å². The summed E-state index contributed by atoms with van der Waals surface area (Å²) >= 11 is 15.5. The number of hydrogen-bond acceptors (Lipinski definition) is 4. The predicted molar refractivity (Wildman–Crippen MR) is 156 cm³/mol. The Balaban J connectivity index is 1.42. The highest BCUT2D eigenvalue weighted by Crippen LogP contribution is 2.32. The van der Waals surface area contributed by atoms with Gasteiger partial charge in [-0.1, -0.05) is 71.2 Å². The minimum Gasteiger partial charge on any atom is -0.457 e. The number of halogens is 3. The van der Waals surface area contributed by atoms with Gasteiger partial charge in [-0.2, -0.15) is 0 Å². The number of piperidine rings is 1. The summed E-state index contributed by atoms with van der Waals surface area (Å²) in [4.78, 5) is 40.6. The summed E-state index contributed by atoms with van der Waals surface area (Å²) in [5.41, 5.74) is 1.28. The number of amides is 3. The van der Waals surface area contributed by atoms with Crippen molar-refractivity contribution >= 4 is 62.5 Å². The van der Waals surface area contributed by atoms with E-state index in [9.17, 15) is 14.4 Å². The molecule has 1 aliphatic heterocycles. The molecule has 0 aromatic heterocycles. The second kappa shape index (κ2) is 12.9. The molecule has 204 valence electrons. The number of carbonyl (C=O) groups is 3. The minimum absolute atomic E-state index is 0.0281. The topological polar surface area (TPSA) is 87.7 Å². The maximum absolute atomic E-state index is 13.3. The van der Waals surface area contributed by atoms with Crippen molar-refractivity contribution in [1.82, 2.24) is 10.2 Å². The Kier molecular flexibility index (Phi) is 9.53. The molecular formula is C29H28BrCl2N3O4. The molecule has 0 aliphatic carbocycles. The number of rotatable bonds is 6. The second-order valence-corrected chi connectivity index (χ2v) is 11.5. The summed E-state index contributed by atoms with van der Waals surface area (Å²) in [5.74, 6) is -0.163. The van der Waals surface area contributed by atoms with Crippen LogP contribution in [0.25, 0.3) is 0 Å². The van der Waals surface area contributed by atoms with E-state index in [1.165, 1.54) is 0 Å². The molecule has 0 spiro atoms. The lowest BCUT2D eigenvalue weighted by molar-refractivity contribution is -0.136. The lowest BCUT2D eigenvalue weighted by Gasteiger charge is -2.35. The van der Waals surface area contributed by atoms with Crippen LogP contribution in [0.1, 0.15) is 36.2 Å². The van der Waals surface area contributed by atoms with Crippen molar-refractivity contribution in [1.29, 1.82) is 0 Å². The Morgan fingerprint density at radius 2 is 1.67 bits per heavy atom. The third-order valence-electron chi connectivity index (χ3n) is 6.36. The predicted octanol–water partition coefficient (Wildman–Crippen LogP) is 6.92. The van der Waals surface area contributed by atoms with Crippen LogP contribution in [0.15, 0.2) is 65.1 Å². The fraction of sp³-hybridized carbons (Fsp3) is 0.276. The average molecular weight is 633 g/mol. The van der Waals surface area contributed by atoms with E-state index >= 15 is 0 Å². The van der Waals surface area contributed by atoms with Crippen molar-refractivity contribution in [3.63, 3.8) is 0 Å². The van der Waals surface area contributed by atoms with Crippen LogP contribution in [0, 0.1) is 11.8 Å². The molecule has 3 aromatic carbocycles. The molecule has 3 amide bonds. The fourth-order valence-corrected chi connectivity index (χ4v) is 5.28. The molecule has 2 atom stereocenters. The third-order valence-corrected chi connectivity index (χ3v) is 7.59. The number of likely N-dealkylation sites (tertiary alicyclic amines) is 1. The first-order chi connectivity index (χ1) is 18.6. The molecule has 1 aliphatic rings. The van der Waals surface area contributed by atoms with E-state index in [0.29, 0.717) is 63.3 Å². The summed E-state index contributed by atoms with van der Waals surface area (Å²) < 4.78 is 6.73. The van der Waals surface area contributed by atoms with Gasteiger partial charge in [0.1, 0.15) is 11.5 Å². The van der Waals surface area contributed by atoms with E-state index in [0.717, 1.165) is 10.9 Å². The van der Waals surface area contributed by atoms with Gasteiger partial charge in [-0.15, -0.1) is 0 Å². The summed E-state index contributed by atoms with van der Waals surface area (Å²) in [5, 5.41) is 5.97. The van der Waals surface area contributed by atoms with Gasteiger partial charge in [-0.25, -0.2) is 0 Å². The van der Waals surface area contributed by atoms with Crippen LogP contribution in [0.4, 0.5) is 5.69 Å². The van der Waals surface area contributed by atoms with Gasteiger partial charge in [-0.3, -0.25) is 14.4 Å². The smallest absolute Gasteiger partial charge is 0.313 e. The normalized spacial score (nSPS) is 16.9. The van der Waals surface area contributed by atoms with Crippen molar-refractivity contribution in [2.24, 2.45) is 11.8 Å². The second-order valence-electron chi connectivity index (χ2n) is 9.77. The molecule has 0 bridgehead atoms. The van der Waals surface area contributed by atoms with Crippen LogP contribution < -0.4 is 15.4 Å². The highest BCUT2D eigenvalue weighted by Gasteiger charge is 2.28. The molecule has 0 radical (unpaired) electrons. The zero-order valence-corrected chi connectivity index (χ0v) is 24.6. The molecular weight excluding hydrogens is 605 g/mol. The van der Waals surface area contributed by atoms with Crippen LogP contribution >= 0.6 is 39.1 Å². The Bertz CT molecular complexity index is 1390. The van der Waals surface area contributed by atoms with Crippen LogP contribution in [0.5, 0.6) is 11.5 Å². The van der Waals surface area contributed by atoms with Gasteiger partial charge in [0, 0.05) is 35.7 Å². The van der Waals surface area contributed by atoms with E-state index in [4.69, 9.17) is 27.9 Å². The van der Waals surface area contributed by atoms with E-state index < -0.39 is 11.8 Å². The number of carbonyl (C=O) groups excluding carboxylic acids is 3. The Hall–Kier alpha value is -3.07. The Morgan fingerprint density at radius 3 is 2.38 bits per heavy atom. The average Bonchev–Trinajstić information content (AvgIpc) is 2.89. The number of benzene rings is 3. The van der Waals surface area contributed by atoms with Crippen molar-refractivity contribution < 1.29 is 19.1 Å². The number of para-hydroxylation sites is 1.